The fraction of sp³-hybridized carbons (Fsp3) is 0.231. The van der Waals surface area contributed by atoms with Crippen LogP contribution in [-0.2, 0) is 6.54 Å². The second-order valence-electron chi connectivity index (χ2n) is 3.95. The third-order valence-electron chi connectivity index (χ3n) is 2.95. The summed E-state index contributed by atoms with van der Waals surface area (Å²) in [6, 6.07) is 4.77. The van der Waals surface area contributed by atoms with Crippen molar-refractivity contribution >= 4 is 0 Å². The second kappa shape index (κ2) is 4.49. The van der Waals surface area contributed by atoms with Gasteiger partial charge in [-0.2, -0.15) is 5.26 Å². The molecule has 0 unspecified atom stereocenters. The molecule has 0 saturated heterocycles. The van der Waals surface area contributed by atoms with E-state index in [-0.39, 0.29) is 11.1 Å². The molecule has 0 aliphatic heterocycles. The van der Waals surface area contributed by atoms with Gasteiger partial charge in [-0.25, -0.2) is 4.39 Å². The van der Waals surface area contributed by atoms with Gasteiger partial charge in [-0.15, -0.1) is 0 Å². The zero-order valence-corrected chi connectivity index (χ0v) is 10.1. The van der Waals surface area contributed by atoms with Crippen LogP contribution in [0.1, 0.15) is 18.1 Å². The van der Waals surface area contributed by atoms with Gasteiger partial charge in [-0.3, -0.25) is 9.48 Å². The zero-order valence-electron chi connectivity index (χ0n) is 10.1. The molecule has 0 aliphatic carbocycles. The lowest BCUT2D eigenvalue weighted by Crippen LogP contribution is -2.16. The van der Waals surface area contributed by atoms with Crippen LogP contribution < -0.4 is 5.56 Å². The quantitative estimate of drug-likeness (QED) is 0.881. The van der Waals surface area contributed by atoms with Crippen molar-refractivity contribution in [3.05, 3.63) is 45.6 Å². The Morgan fingerprint density at radius 3 is 2.72 bits per heavy atom. The first-order valence-corrected chi connectivity index (χ1v) is 5.58. The maximum Gasteiger partial charge on any atom is 0.274 e. The highest BCUT2D eigenvalue weighted by atomic mass is 19.1. The molecule has 0 aliphatic rings. The number of rotatable bonds is 2. The summed E-state index contributed by atoms with van der Waals surface area (Å²) in [5.74, 6) is -0.571. The minimum absolute atomic E-state index is 0.0115. The average Bonchev–Trinajstić information content (AvgIpc) is 2.74. The smallest absolute Gasteiger partial charge is 0.274 e. The third kappa shape index (κ3) is 1.72. The van der Waals surface area contributed by atoms with Crippen molar-refractivity contribution in [2.45, 2.75) is 20.4 Å². The number of hydrogen-bond acceptors (Lipinski definition) is 2. The van der Waals surface area contributed by atoms with E-state index in [1.165, 1.54) is 10.7 Å². The monoisotopic (exact) mass is 245 g/mol. The molecule has 92 valence electrons. The van der Waals surface area contributed by atoms with Crippen molar-refractivity contribution in [2.24, 2.45) is 0 Å². The molecule has 2 rings (SSSR count). The number of aryl methyl sites for hydroxylation is 1. The first-order valence-electron chi connectivity index (χ1n) is 5.58. The minimum Gasteiger partial charge on any atom is -0.302 e. The number of H-pyrrole nitrogens is 1. The molecule has 18 heavy (non-hydrogen) atoms. The highest BCUT2D eigenvalue weighted by molar-refractivity contribution is 5.67. The van der Waals surface area contributed by atoms with Crippen molar-refractivity contribution in [3.8, 4) is 17.2 Å². The number of halogens is 1. The lowest BCUT2D eigenvalue weighted by molar-refractivity contribution is 0.615. The normalized spacial score (nSPS) is 10.3. The molecule has 1 aromatic heterocycles. The molecule has 1 N–H and O–H groups in total. The fourth-order valence-corrected chi connectivity index (χ4v) is 1.90. The lowest BCUT2D eigenvalue weighted by Gasteiger charge is -2.04. The van der Waals surface area contributed by atoms with Gasteiger partial charge >= 0.3 is 0 Å². The van der Waals surface area contributed by atoms with Gasteiger partial charge in [0.05, 0.1) is 11.1 Å². The van der Waals surface area contributed by atoms with Crippen LogP contribution in [0.25, 0.3) is 11.1 Å². The van der Waals surface area contributed by atoms with E-state index in [0.29, 0.717) is 23.2 Å². The summed E-state index contributed by atoms with van der Waals surface area (Å²) in [6.45, 7) is 3.93. The molecule has 5 heteroatoms. The Labute approximate surface area is 103 Å². The van der Waals surface area contributed by atoms with Crippen molar-refractivity contribution in [3.63, 3.8) is 0 Å². The number of benzene rings is 1. The van der Waals surface area contributed by atoms with Gasteiger partial charge < -0.3 is 5.10 Å². The molecule has 4 nitrogen and oxygen atoms in total. The maximum absolute atomic E-state index is 13.8. The van der Waals surface area contributed by atoms with Crippen molar-refractivity contribution < 1.29 is 4.39 Å². The van der Waals surface area contributed by atoms with Crippen LogP contribution in [0.5, 0.6) is 0 Å². The van der Waals surface area contributed by atoms with E-state index < -0.39 is 5.82 Å². The molecule has 0 saturated carbocycles. The fourth-order valence-electron chi connectivity index (χ4n) is 1.90. The molecule has 0 atom stereocenters. The number of nitriles is 1. The van der Waals surface area contributed by atoms with E-state index in [9.17, 15) is 9.18 Å². The number of aromatic nitrogens is 2. The topological polar surface area (TPSA) is 61.6 Å². The Kier molecular flexibility index (Phi) is 3.02. The highest BCUT2D eigenvalue weighted by Gasteiger charge is 2.14. The van der Waals surface area contributed by atoms with Crippen molar-refractivity contribution in [1.82, 2.24) is 9.78 Å². The zero-order chi connectivity index (χ0) is 13.3. The number of nitrogens with one attached hydrogen (secondary N) is 1. The van der Waals surface area contributed by atoms with E-state index in [1.54, 1.807) is 25.3 Å². The van der Waals surface area contributed by atoms with Crippen LogP contribution in [0.2, 0.25) is 0 Å². The first kappa shape index (κ1) is 12.1. The van der Waals surface area contributed by atoms with Gasteiger partial charge in [0.1, 0.15) is 11.9 Å². The molecule has 0 spiro atoms. The molecule has 0 bridgehead atoms. The van der Waals surface area contributed by atoms with Crippen LogP contribution in [0.15, 0.2) is 23.1 Å². The van der Waals surface area contributed by atoms with Gasteiger partial charge in [-0.1, -0.05) is 6.07 Å². The summed E-state index contributed by atoms with van der Waals surface area (Å²) in [4.78, 5) is 12.0. The number of hydrogen-bond donors (Lipinski definition) is 1. The predicted molar refractivity (Wildman–Crippen MR) is 65.6 cm³/mol. The van der Waals surface area contributed by atoms with Gasteiger partial charge in [0.2, 0.25) is 0 Å². The molecule has 0 radical (unpaired) electrons. The second-order valence-corrected chi connectivity index (χ2v) is 3.95. The molecule has 0 amide bonds. The van der Waals surface area contributed by atoms with E-state index >= 15 is 0 Å². The SMILES string of the molecule is CCn1[nH]cc(-c2ccc(C#N)c(F)c2C)c1=O. The largest absolute Gasteiger partial charge is 0.302 e. The van der Waals surface area contributed by atoms with Crippen LogP contribution in [0, 0.1) is 24.1 Å². The Morgan fingerprint density at radius 1 is 1.44 bits per heavy atom. The Balaban J connectivity index is 2.66. The van der Waals surface area contributed by atoms with Crippen LogP contribution in [0.4, 0.5) is 4.39 Å². The van der Waals surface area contributed by atoms with Crippen LogP contribution in [-0.4, -0.2) is 9.78 Å². The number of nitrogens with zero attached hydrogens (tertiary/aromatic N) is 2. The standard InChI is InChI=1S/C13H12FN3O/c1-3-17-13(18)11(7-16-17)10-5-4-9(6-15)12(14)8(10)2/h4-5,7,16H,3H2,1-2H3. The number of aromatic amines is 1. The predicted octanol–water partition coefficient (Wildman–Crippen LogP) is 2.18. The van der Waals surface area contributed by atoms with Gasteiger partial charge in [0.15, 0.2) is 0 Å². The summed E-state index contributed by atoms with van der Waals surface area (Å²) in [7, 11) is 0. The highest BCUT2D eigenvalue weighted by Crippen LogP contribution is 2.24. The van der Waals surface area contributed by atoms with Gasteiger partial charge in [0, 0.05) is 12.7 Å². The van der Waals surface area contributed by atoms with Crippen LogP contribution in [0.3, 0.4) is 0 Å². The van der Waals surface area contributed by atoms with Gasteiger partial charge in [-0.05, 0) is 31.0 Å². The molecule has 2 aromatic rings. The molecular weight excluding hydrogens is 233 g/mol. The Hall–Kier alpha value is -2.35. The molecule has 1 heterocycles. The molecule has 1 aromatic carbocycles. The van der Waals surface area contributed by atoms with E-state index in [0.717, 1.165) is 0 Å². The summed E-state index contributed by atoms with van der Waals surface area (Å²) < 4.78 is 15.3. The van der Waals surface area contributed by atoms with Crippen molar-refractivity contribution in [2.75, 3.05) is 0 Å². The summed E-state index contributed by atoms with van der Waals surface area (Å²) in [6.07, 6.45) is 1.56. The van der Waals surface area contributed by atoms with Crippen molar-refractivity contribution in [1.29, 1.82) is 5.26 Å². The van der Waals surface area contributed by atoms with E-state index in [1.807, 2.05) is 6.92 Å². The Bertz CT molecular complexity index is 691. The minimum atomic E-state index is -0.571. The summed E-state index contributed by atoms with van der Waals surface area (Å²) >= 11 is 0. The lowest BCUT2D eigenvalue weighted by atomic mass is 10.0. The summed E-state index contributed by atoms with van der Waals surface area (Å²) in [5.41, 5.74) is 1.04. The first-order chi connectivity index (χ1) is 8.60. The van der Waals surface area contributed by atoms with Gasteiger partial charge in [0.25, 0.3) is 5.56 Å². The van der Waals surface area contributed by atoms with Crippen LogP contribution >= 0.6 is 0 Å². The molecule has 0 fully saturated rings. The summed E-state index contributed by atoms with van der Waals surface area (Å²) in [5, 5.41) is 11.6. The Morgan fingerprint density at radius 2 is 2.17 bits per heavy atom. The molecular formula is C13H12FN3O. The third-order valence-corrected chi connectivity index (χ3v) is 2.95. The maximum atomic E-state index is 13.8. The average molecular weight is 245 g/mol. The van der Waals surface area contributed by atoms with E-state index in [4.69, 9.17) is 5.26 Å². The van der Waals surface area contributed by atoms with E-state index in [2.05, 4.69) is 5.10 Å².